The number of pyridine rings is 2. The number of rotatable bonds is 7. The van der Waals surface area contributed by atoms with Crippen molar-refractivity contribution in [2.75, 3.05) is 31.2 Å². The standard InChI is InChI=1S/C28H31F3N4O3/c1-16-13-35(14-24(32)28(16)36)25-6-8-33-12-17(25)2-3-18-4-5-21(29)27(34-18)26-22(30)10-20(11-23(26)31)38-19-7-9-37-15-19/h4-6,8,10-12,16,19,24,28,36H,2-3,7,9,13-15,32H2,1H3/t16-,19-,24+,28+/m0/s1. The number of aliphatic hydroxyl groups excluding tert-OH is 1. The van der Waals surface area contributed by atoms with E-state index in [9.17, 15) is 18.3 Å². The van der Waals surface area contributed by atoms with E-state index in [0.29, 0.717) is 51.3 Å². The Balaban J connectivity index is 1.35. The summed E-state index contributed by atoms with van der Waals surface area (Å²) in [5, 5.41) is 10.2. The van der Waals surface area contributed by atoms with Gasteiger partial charge in [0.25, 0.3) is 0 Å². The van der Waals surface area contributed by atoms with E-state index < -0.39 is 29.1 Å². The lowest BCUT2D eigenvalue weighted by Gasteiger charge is -2.40. The van der Waals surface area contributed by atoms with Gasteiger partial charge >= 0.3 is 0 Å². The molecular formula is C28H31F3N4O3. The third-order valence-electron chi connectivity index (χ3n) is 7.18. The molecular weight excluding hydrogens is 497 g/mol. The van der Waals surface area contributed by atoms with Crippen LogP contribution in [0.4, 0.5) is 18.9 Å². The highest BCUT2D eigenvalue weighted by atomic mass is 19.1. The van der Waals surface area contributed by atoms with E-state index in [0.717, 1.165) is 23.4 Å². The Bertz CT molecular complexity index is 1250. The van der Waals surface area contributed by atoms with Crippen molar-refractivity contribution < 1.29 is 27.8 Å². The van der Waals surface area contributed by atoms with Gasteiger partial charge in [0.2, 0.25) is 0 Å². The number of aliphatic hydroxyl groups is 1. The molecule has 2 aromatic heterocycles. The Labute approximate surface area is 219 Å². The molecule has 38 heavy (non-hydrogen) atoms. The zero-order valence-corrected chi connectivity index (χ0v) is 21.1. The Hall–Kier alpha value is -3.21. The minimum absolute atomic E-state index is 0.00849. The Morgan fingerprint density at radius 2 is 1.89 bits per heavy atom. The SMILES string of the molecule is C[C@H]1CN(c2ccncc2CCc2ccc(F)c(-c3c(F)cc(O[C@H]4CCOC4)cc3F)n2)C[C@@H](N)[C@@H]1O. The number of halogens is 3. The summed E-state index contributed by atoms with van der Waals surface area (Å²) in [6.07, 6.45) is 4.18. The maximum Gasteiger partial charge on any atom is 0.149 e. The number of nitrogens with zero attached hydrogens (tertiary/aromatic N) is 3. The number of hydrogen-bond donors (Lipinski definition) is 2. The van der Waals surface area contributed by atoms with Gasteiger partial charge in [-0.1, -0.05) is 6.92 Å². The van der Waals surface area contributed by atoms with Crippen molar-refractivity contribution in [2.45, 2.75) is 44.4 Å². The third-order valence-corrected chi connectivity index (χ3v) is 7.18. The van der Waals surface area contributed by atoms with E-state index in [1.165, 1.54) is 12.1 Å². The van der Waals surface area contributed by atoms with Crippen LogP contribution in [-0.2, 0) is 17.6 Å². The second-order valence-electron chi connectivity index (χ2n) is 10.0. The number of nitrogens with two attached hydrogens (primary N) is 1. The number of aryl methyl sites for hydroxylation is 2. The molecule has 4 heterocycles. The fourth-order valence-corrected chi connectivity index (χ4v) is 5.13. The minimum Gasteiger partial charge on any atom is -0.488 e. The second-order valence-corrected chi connectivity index (χ2v) is 10.0. The first-order valence-electron chi connectivity index (χ1n) is 12.8. The Morgan fingerprint density at radius 3 is 2.61 bits per heavy atom. The summed E-state index contributed by atoms with van der Waals surface area (Å²) in [7, 11) is 0. The van der Waals surface area contributed by atoms with Crippen molar-refractivity contribution in [2.24, 2.45) is 11.7 Å². The van der Waals surface area contributed by atoms with Crippen LogP contribution in [-0.4, -0.2) is 59.6 Å². The van der Waals surface area contributed by atoms with Gasteiger partial charge in [0, 0.05) is 67.4 Å². The van der Waals surface area contributed by atoms with Gasteiger partial charge in [-0.15, -0.1) is 0 Å². The molecule has 0 unspecified atom stereocenters. The van der Waals surface area contributed by atoms with Crippen molar-refractivity contribution >= 4 is 5.69 Å². The molecule has 1 aromatic carbocycles. The third kappa shape index (κ3) is 5.62. The number of piperidine rings is 1. The maximum absolute atomic E-state index is 15.0. The monoisotopic (exact) mass is 528 g/mol. The molecule has 5 rings (SSSR count). The van der Waals surface area contributed by atoms with E-state index in [-0.39, 0.29) is 29.5 Å². The van der Waals surface area contributed by atoms with Crippen molar-refractivity contribution in [3.05, 3.63) is 71.4 Å². The van der Waals surface area contributed by atoms with Gasteiger partial charge in [-0.25, -0.2) is 18.2 Å². The number of hydrogen-bond acceptors (Lipinski definition) is 7. The molecule has 10 heteroatoms. The zero-order chi connectivity index (χ0) is 26.8. The van der Waals surface area contributed by atoms with Crippen molar-refractivity contribution in [1.82, 2.24) is 9.97 Å². The average Bonchev–Trinajstić information content (AvgIpc) is 3.40. The lowest BCUT2D eigenvalue weighted by Crippen LogP contribution is -2.55. The van der Waals surface area contributed by atoms with Crippen LogP contribution >= 0.6 is 0 Å². The van der Waals surface area contributed by atoms with Gasteiger partial charge in [0.15, 0.2) is 0 Å². The lowest BCUT2D eigenvalue weighted by atomic mass is 9.92. The number of aromatic nitrogens is 2. The van der Waals surface area contributed by atoms with Crippen LogP contribution in [0, 0.1) is 23.4 Å². The molecule has 0 amide bonds. The highest BCUT2D eigenvalue weighted by molar-refractivity contribution is 5.63. The molecule has 2 aliphatic rings. The molecule has 0 bridgehead atoms. The molecule has 0 radical (unpaired) electrons. The van der Waals surface area contributed by atoms with Crippen molar-refractivity contribution in [3.63, 3.8) is 0 Å². The second kappa shape index (κ2) is 11.3. The average molecular weight is 529 g/mol. The summed E-state index contributed by atoms with van der Waals surface area (Å²) >= 11 is 0. The van der Waals surface area contributed by atoms with Crippen LogP contribution in [0.25, 0.3) is 11.3 Å². The first-order valence-corrected chi connectivity index (χ1v) is 12.8. The molecule has 3 N–H and O–H groups in total. The number of ether oxygens (including phenoxy) is 2. The Kier molecular flexibility index (Phi) is 7.83. The largest absolute Gasteiger partial charge is 0.488 e. The minimum atomic E-state index is -0.949. The smallest absolute Gasteiger partial charge is 0.149 e. The summed E-state index contributed by atoms with van der Waals surface area (Å²) < 4.78 is 55.5. The van der Waals surface area contributed by atoms with E-state index in [1.807, 2.05) is 13.0 Å². The van der Waals surface area contributed by atoms with Gasteiger partial charge in [-0.3, -0.25) is 4.98 Å². The highest BCUT2D eigenvalue weighted by Crippen LogP contribution is 2.32. The summed E-state index contributed by atoms with van der Waals surface area (Å²) in [6, 6.07) is 6.32. The highest BCUT2D eigenvalue weighted by Gasteiger charge is 2.31. The van der Waals surface area contributed by atoms with Gasteiger partial charge < -0.3 is 25.2 Å². The van der Waals surface area contributed by atoms with Gasteiger partial charge in [0.1, 0.15) is 35.0 Å². The molecule has 7 nitrogen and oxygen atoms in total. The van der Waals surface area contributed by atoms with E-state index in [2.05, 4.69) is 14.9 Å². The molecule has 202 valence electrons. The van der Waals surface area contributed by atoms with Crippen LogP contribution in [0.3, 0.4) is 0 Å². The number of anilines is 1. The van der Waals surface area contributed by atoms with E-state index >= 15 is 0 Å². The lowest BCUT2D eigenvalue weighted by molar-refractivity contribution is 0.0784. The molecule has 2 aliphatic heterocycles. The van der Waals surface area contributed by atoms with Crippen LogP contribution in [0.15, 0.2) is 42.7 Å². The Morgan fingerprint density at radius 1 is 1.11 bits per heavy atom. The molecule has 2 fully saturated rings. The topological polar surface area (TPSA) is 93.7 Å². The van der Waals surface area contributed by atoms with Crippen LogP contribution < -0.4 is 15.4 Å². The normalized spacial score (nSPS) is 23.6. The van der Waals surface area contributed by atoms with Gasteiger partial charge in [-0.2, -0.15) is 0 Å². The predicted octanol–water partition coefficient (Wildman–Crippen LogP) is 3.66. The van der Waals surface area contributed by atoms with E-state index in [4.69, 9.17) is 15.2 Å². The van der Waals surface area contributed by atoms with E-state index in [1.54, 1.807) is 12.4 Å². The van der Waals surface area contributed by atoms with Gasteiger partial charge in [0.05, 0.1) is 24.9 Å². The molecule has 2 saturated heterocycles. The molecule has 3 aromatic rings. The molecule has 0 saturated carbocycles. The van der Waals surface area contributed by atoms with Crippen molar-refractivity contribution in [3.8, 4) is 17.0 Å². The summed E-state index contributed by atoms with van der Waals surface area (Å²) in [5.41, 5.74) is 7.60. The molecule has 0 aliphatic carbocycles. The fourth-order valence-electron chi connectivity index (χ4n) is 5.13. The first kappa shape index (κ1) is 26.4. The maximum atomic E-state index is 15.0. The fraction of sp³-hybridized carbons (Fsp3) is 0.429. The zero-order valence-electron chi connectivity index (χ0n) is 21.1. The van der Waals surface area contributed by atoms with Crippen LogP contribution in [0.5, 0.6) is 5.75 Å². The van der Waals surface area contributed by atoms with Crippen LogP contribution in [0.1, 0.15) is 24.6 Å². The van der Waals surface area contributed by atoms with Gasteiger partial charge in [-0.05, 0) is 36.6 Å². The number of benzene rings is 1. The molecule has 0 spiro atoms. The summed E-state index contributed by atoms with van der Waals surface area (Å²) in [5.74, 6) is -2.68. The first-order chi connectivity index (χ1) is 18.3. The quantitative estimate of drug-likeness (QED) is 0.484. The molecule has 4 atom stereocenters. The predicted molar refractivity (Wildman–Crippen MR) is 136 cm³/mol. The van der Waals surface area contributed by atoms with Crippen molar-refractivity contribution in [1.29, 1.82) is 0 Å². The summed E-state index contributed by atoms with van der Waals surface area (Å²) in [6.45, 7) is 4.00. The van der Waals surface area contributed by atoms with Crippen LogP contribution in [0.2, 0.25) is 0 Å². The summed E-state index contributed by atoms with van der Waals surface area (Å²) in [4.78, 5) is 10.7.